The summed E-state index contributed by atoms with van der Waals surface area (Å²) in [7, 11) is 0. The Morgan fingerprint density at radius 2 is 2.06 bits per heavy atom. The van der Waals surface area contributed by atoms with Crippen molar-refractivity contribution < 1.29 is 4.79 Å². The third-order valence-corrected chi connectivity index (χ3v) is 3.29. The van der Waals surface area contributed by atoms with E-state index in [1.165, 1.54) is 11.3 Å². The van der Waals surface area contributed by atoms with Gasteiger partial charge in [0.2, 0.25) is 5.95 Å². The van der Waals surface area contributed by atoms with E-state index in [-0.39, 0.29) is 5.91 Å². The van der Waals surface area contributed by atoms with Gasteiger partial charge in [-0.2, -0.15) is 0 Å². The summed E-state index contributed by atoms with van der Waals surface area (Å²) in [6.45, 7) is 1.06. The van der Waals surface area contributed by atoms with Gasteiger partial charge in [0, 0.05) is 25.5 Å². The van der Waals surface area contributed by atoms with Gasteiger partial charge in [0.1, 0.15) is 0 Å². The molecule has 2 aromatic rings. The fraction of sp³-hybridized carbons (Fsp3) is 0.182. The number of hydrogen-bond acceptors (Lipinski definition) is 5. The predicted octanol–water partition coefficient (Wildman–Crippen LogP) is 2.03. The van der Waals surface area contributed by atoms with Crippen molar-refractivity contribution in [3.8, 4) is 0 Å². The first-order chi connectivity index (χ1) is 8.75. The largest absolute Gasteiger partial charge is 0.352 e. The first-order valence-corrected chi connectivity index (χ1v) is 6.49. The summed E-state index contributed by atoms with van der Waals surface area (Å²) in [6, 6.07) is 5.15. The lowest BCUT2D eigenvalue weighted by Gasteiger charge is -2.05. The number of thiophene rings is 1. The van der Waals surface area contributed by atoms with Gasteiger partial charge < -0.3 is 10.6 Å². The van der Waals surface area contributed by atoms with Gasteiger partial charge in [0.05, 0.1) is 9.21 Å². The van der Waals surface area contributed by atoms with Gasteiger partial charge in [0.15, 0.2) is 0 Å². The number of carbonyl (C=O) groups excluding carboxylic acids is 1. The van der Waals surface area contributed by atoms with E-state index in [2.05, 4.69) is 20.6 Å². The molecule has 0 aliphatic rings. The lowest BCUT2D eigenvalue weighted by Crippen LogP contribution is -2.28. The maximum atomic E-state index is 11.7. The van der Waals surface area contributed by atoms with Crippen LogP contribution in [0.1, 0.15) is 9.67 Å². The molecule has 0 aliphatic heterocycles. The number of rotatable bonds is 5. The monoisotopic (exact) mass is 282 g/mol. The van der Waals surface area contributed by atoms with Gasteiger partial charge in [-0.25, -0.2) is 9.97 Å². The van der Waals surface area contributed by atoms with Crippen LogP contribution in [0, 0.1) is 0 Å². The molecule has 18 heavy (non-hydrogen) atoms. The molecule has 0 atom stereocenters. The third kappa shape index (κ3) is 3.68. The van der Waals surface area contributed by atoms with Crippen molar-refractivity contribution >= 4 is 34.8 Å². The predicted molar refractivity (Wildman–Crippen MR) is 72.2 cm³/mol. The highest BCUT2D eigenvalue weighted by molar-refractivity contribution is 7.17. The highest BCUT2D eigenvalue weighted by Crippen LogP contribution is 2.20. The smallest absolute Gasteiger partial charge is 0.261 e. The molecule has 7 heteroatoms. The summed E-state index contributed by atoms with van der Waals surface area (Å²) >= 11 is 7.01. The zero-order valence-electron chi connectivity index (χ0n) is 9.39. The highest BCUT2D eigenvalue weighted by Gasteiger charge is 2.07. The highest BCUT2D eigenvalue weighted by atomic mass is 35.5. The minimum Gasteiger partial charge on any atom is -0.352 e. The molecule has 0 bridgehead atoms. The Kier molecular flexibility index (Phi) is 4.49. The molecule has 0 fully saturated rings. The van der Waals surface area contributed by atoms with Crippen LogP contribution in [0.5, 0.6) is 0 Å². The Morgan fingerprint density at radius 3 is 2.72 bits per heavy atom. The van der Waals surface area contributed by atoms with Crippen molar-refractivity contribution in [2.45, 2.75) is 0 Å². The topological polar surface area (TPSA) is 66.9 Å². The molecule has 0 spiro atoms. The van der Waals surface area contributed by atoms with Crippen LogP contribution in [0.2, 0.25) is 4.34 Å². The van der Waals surface area contributed by atoms with Gasteiger partial charge in [-0.1, -0.05) is 11.6 Å². The van der Waals surface area contributed by atoms with Crippen molar-refractivity contribution in [2.24, 2.45) is 0 Å². The van der Waals surface area contributed by atoms with E-state index in [4.69, 9.17) is 11.6 Å². The molecule has 1 amide bonds. The molecule has 2 heterocycles. The van der Waals surface area contributed by atoms with Crippen molar-refractivity contribution in [3.05, 3.63) is 39.8 Å². The molecule has 0 radical (unpaired) electrons. The first-order valence-electron chi connectivity index (χ1n) is 5.30. The quantitative estimate of drug-likeness (QED) is 0.824. The Morgan fingerprint density at radius 1 is 1.28 bits per heavy atom. The van der Waals surface area contributed by atoms with E-state index in [9.17, 15) is 4.79 Å². The molecule has 2 N–H and O–H groups in total. The summed E-state index contributed by atoms with van der Waals surface area (Å²) in [5.74, 6) is 0.425. The lowest BCUT2D eigenvalue weighted by atomic mass is 10.4. The molecule has 0 saturated carbocycles. The van der Waals surface area contributed by atoms with Crippen LogP contribution < -0.4 is 10.6 Å². The van der Waals surface area contributed by atoms with Gasteiger partial charge in [0.25, 0.3) is 5.91 Å². The van der Waals surface area contributed by atoms with Crippen molar-refractivity contribution in [1.82, 2.24) is 15.3 Å². The van der Waals surface area contributed by atoms with E-state index in [0.29, 0.717) is 28.3 Å². The minimum atomic E-state index is -0.123. The number of amides is 1. The number of nitrogens with zero attached hydrogens (tertiary/aromatic N) is 2. The summed E-state index contributed by atoms with van der Waals surface area (Å²) in [5, 5.41) is 5.77. The summed E-state index contributed by atoms with van der Waals surface area (Å²) in [4.78, 5) is 20.3. The van der Waals surface area contributed by atoms with Crippen LogP contribution in [0.4, 0.5) is 5.95 Å². The molecule has 2 aromatic heterocycles. The number of halogens is 1. The van der Waals surface area contributed by atoms with Crippen molar-refractivity contribution in [2.75, 3.05) is 18.4 Å². The average molecular weight is 283 g/mol. The van der Waals surface area contributed by atoms with Crippen LogP contribution in [0.3, 0.4) is 0 Å². The Hall–Kier alpha value is -1.66. The molecule has 0 aliphatic carbocycles. The van der Waals surface area contributed by atoms with Crippen molar-refractivity contribution in [1.29, 1.82) is 0 Å². The van der Waals surface area contributed by atoms with Gasteiger partial charge in [-0.05, 0) is 18.2 Å². The Balaban J connectivity index is 1.71. The average Bonchev–Trinajstić information content (AvgIpc) is 2.82. The van der Waals surface area contributed by atoms with E-state index in [1.807, 2.05) is 0 Å². The second kappa shape index (κ2) is 6.32. The second-order valence-corrected chi connectivity index (χ2v) is 5.07. The van der Waals surface area contributed by atoms with Gasteiger partial charge in [-0.15, -0.1) is 11.3 Å². The lowest BCUT2D eigenvalue weighted by molar-refractivity contribution is 0.0959. The Labute approximate surface area is 113 Å². The van der Waals surface area contributed by atoms with Crippen LogP contribution in [-0.4, -0.2) is 29.0 Å². The molecule has 94 valence electrons. The van der Waals surface area contributed by atoms with E-state index < -0.39 is 0 Å². The second-order valence-electron chi connectivity index (χ2n) is 3.36. The molecular formula is C11H11ClN4OS. The maximum absolute atomic E-state index is 11.7. The fourth-order valence-electron chi connectivity index (χ4n) is 1.26. The minimum absolute atomic E-state index is 0.123. The number of nitrogens with one attached hydrogen (secondary N) is 2. The van der Waals surface area contributed by atoms with Crippen molar-refractivity contribution in [3.63, 3.8) is 0 Å². The maximum Gasteiger partial charge on any atom is 0.261 e. The zero-order chi connectivity index (χ0) is 12.8. The number of anilines is 1. The SMILES string of the molecule is O=C(NCCNc1ncccn1)c1ccc(Cl)s1. The molecule has 0 saturated heterocycles. The third-order valence-electron chi connectivity index (χ3n) is 2.06. The molecular weight excluding hydrogens is 272 g/mol. The first kappa shape index (κ1) is 12.8. The molecule has 0 unspecified atom stereocenters. The fourth-order valence-corrected chi connectivity index (χ4v) is 2.22. The van der Waals surface area contributed by atoms with Crippen LogP contribution >= 0.6 is 22.9 Å². The van der Waals surface area contributed by atoms with Crippen LogP contribution in [0.25, 0.3) is 0 Å². The van der Waals surface area contributed by atoms with Gasteiger partial charge >= 0.3 is 0 Å². The molecule has 5 nitrogen and oxygen atoms in total. The van der Waals surface area contributed by atoms with Gasteiger partial charge in [-0.3, -0.25) is 4.79 Å². The number of hydrogen-bond donors (Lipinski definition) is 2. The van der Waals surface area contributed by atoms with Crippen LogP contribution in [0.15, 0.2) is 30.6 Å². The van der Waals surface area contributed by atoms with Crippen LogP contribution in [-0.2, 0) is 0 Å². The zero-order valence-corrected chi connectivity index (χ0v) is 11.0. The molecule has 2 rings (SSSR count). The number of carbonyl (C=O) groups is 1. The summed E-state index contributed by atoms with van der Waals surface area (Å²) < 4.78 is 0.607. The van der Waals surface area contributed by atoms with E-state index in [1.54, 1.807) is 30.6 Å². The molecule has 0 aromatic carbocycles. The Bertz CT molecular complexity index is 517. The van der Waals surface area contributed by atoms with E-state index >= 15 is 0 Å². The standard InChI is InChI=1S/C11H11ClN4OS/c12-9-3-2-8(18-9)10(17)13-6-7-16-11-14-4-1-5-15-11/h1-5H,6-7H2,(H,13,17)(H,14,15,16). The van der Waals surface area contributed by atoms with E-state index in [0.717, 1.165) is 0 Å². The normalized spacial score (nSPS) is 10.1. The number of aromatic nitrogens is 2. The summed E-state index contributed by atoms with van der Waals surface area (Å²) in [6.07, 6.45) is 3.31. The summed E-state index contributed by atoms with van der Waals surface area (Å²) in [5.41, 5.74) is 0.